The zero-order valence-electron chi connectivity index (χ0n) is 31.9. The number of pyridine rings is 2. The second-order valence-corrected chi connectivity index (χ2v) is 21.1. The van der Waals surface area contributed by atoms with Crippen LogP contribution in [0.1, 0.15) is 34.6 Å². The summed E-state index contributed by atoms with van der Waals surface area (Å²) in [5.74, 6) is -0.629. The van der Waals surface area contributed by atoms with Crippen LogP contribution in [0, 0.1) is 30.3 Å². The topological polar surface area (TPSA) is 25.8 Å². The third-order valence-electron chi connectivity index (χ3n) is 8.74. The molecule has 0 bridgehead atoms. The van der Waals surface area contributed by atoms with Crippen LogP contribution < -0.4 is 5.19 Å². The van der Waals surface area contributed by atoms with Gasteiger partial charge in [-0.25, -0.2) is 4.39 Å². The quantitative estimate of drug-likeness (QED) is 0.1000. The molecule has 0 aliphatic rings. The molecule has 0 saturated heterocycles. The van der Waals surface area contributed by atoms with Crippen molar-refractivity contribution in [2.24, 2.45) is 5.41 Å². The number of aromatic nitrogens is 2. The Kier molecular flexibility index (Phi) is 9.69. The van der Waals surface area contributed by atoms with Crippen molar-refractivity contribution >= 4 is 66.3 Å². The molecule has 0 saturated carbocycles. The van der Waals surface area contributed by atoms with E-state index in [1.807, 2.05) is 36.5 Å². The van der Waals surface area contributed by atoms with E-state index in [9.17, 15) is 4.39 Å². The SMILES string of the molecule is C[Si](C)(C)c1ccc(-c2[c-]cccc2)nc1.[2H]C([2H])(c1cc(-c2[c-]ccc3c2sc2cc4cc5cc(C)ccc5cc4cc23)ncc1F)C(C)(C)C.[Ir]. The average Bonchev–Trinajstić information content (AvgIpc) is 3.47. The molecule has 0 aliphatic heterocycles. The van der Waals surface area contributed by atoms with Gasteiger partial charge in [0.1, 0.15) is 5.82 Å². The third-order valence-corrected chi connectivity index (χ3v) is 12.0. The van der Waals surface area contributed by atoms with Gasteiger partial charge in [-0.1, -0.05) is 87.8 Å². The van der Waals surface area contributed by atoms with E-state index in [-0.39, 0.29) is 25.7 Å². The minimum absolute atomic E-state index is 0. The summed E-state index contributed by atoms with van der Waals surface area (Å²) in [6, 6.07) is 39.7. The molecule has 8 aromatic rings. The van der Waals surface area contributed by atoms with Gasteiger partial charge in [-0.2, -0.15) is 11.3 Å². The van der Waals surface area contributed by atoms with E-state index >= 15 is 0 Å². The maximum atomic E-state index is 14.8. The van der Waals surface area contributed by atoms with Gasteiger partial charge in [-0.3, -0.25) is 0 Å². The molecule has 6 heteroatoms. The first-order valence-corrected chi connectivity index (χ1v) is 21.2. The van der Waals surface area contributed by atoms with Crippen LogP contribution in [-0.2, 0) is 26.5 Å². The minimum Gasteiger partial charge on any atom is -0.305 e. The van der Waals surface area contributed by atoms with E-state index in [0.717, 1.165) is 43.2 Å². The summed E-state index contributed by atoms with van der Waals surface area (Å²) >= 11 is 1.67. The van der Waals surface area contributed by atoms with Crippen molar-refractivity contribution < 1.29 is 27.2 Å². The number of thiophene rings is 1. The van der Waals surface area contributed by atoms with Gasteiger partial charge >= 0.3 is 0 Å². The molecule has 0 atom stereocenters. The summed E-state index contributed by atoms with van der Waals surface area (Å²) in [7, 11) is -1.23. The number of rotatable bonds is 4. The molecule has 0 aliphatic carbocycles. The maximum absolute atomic E-state index is 14.8. The van der Waals surface area contributed by atoms with Crippen molar-refractivity contribution in [2.75, 3.05) is 0 Å². The molecule has 3 aromatic heterocycles. The van der Waals surface area contributed by atoms with E-state index in [4.69, 9.17) is 2.74 Å². The fourth-order valence-electron chi connectivity index (χ4n) is 6.17. The molecule has 0 unspecified atom stereocenters. The van der Waals surface area contributed by atoms with Crippen molar-refractivity contribution in [3.63, 3.8) is 0 Å². The number of benzene rings is 5. The van der Waals surface area contributed by atoms with Crippen molar-refractivity contribution in [1.82, 2.24) is 9.97 Å². The molecular weight excluding hydrogens is 840 g/mol. The Morgan fingerprint density at radius 2 is 1.51 bits per heavy atom. The number of nitrogens with zero attached hydrogens (tertiary/aromatic N) is 2. The van der Waals surface area contributed by atoms with Gasteiger partial charge < -0.3 is 9.97 Å². The van der Waals surface area contributed by atoms with Gasteiger partial charge in [0.25, 0.3) is 0 Å². The van der Waals surface area contributed by atoms with Crippen molar-refractivity contribution in [2.45, 2.75) is 53.7 Å². The van der Waals surface area contributed by atoms with Gasteiger partial charge in [0.2, 0.25) is 0 Å². The van der Waals surface area contributed by atoms with E-state index in [0.29, 0.717) is 5.69 Å². The van der Waals surface area contributed by atoms with Crippen LogP contribution in [0.15, 0.2) is 109 Å². The molecule has 1 radical (unpaired) electrons. The Bertz CT molecular complexity index is 2590. The molecule has 2 nitrogen and oxygen atoms in total. The first kappa shape index (κ1) is 34.0. The normalized spacial score (nSPS) is 12.7. The fraction of sp³-hybridized carbons (Fsp3) is 0.200. The maximum Gasteiger partial charge on any atom is 0.142 e. The van der Waals surface area contributed by atoms with Crippen LogP contribution in [-0.4, -0.2) is 18.0 Å². The number of fused-ring (bicyclic) bond motifs is 5. The van der Waals surface area contributed by atoms with Crippen LogP contribution >= 0.6 is 11.3 Å². The second kappa shape index (κ2) is 14.5. The van der Waals surface area contributed by atoms with Crippen molar-refractivity contribution in [3.05, 3.63) is 139 Å². The number of halogens is 1. The van der Waals surface area contributed by atoms with Crippen LogP contribution in [0.25, 0.3) is 64.2 Å². The van der Waals surface area contributed by atoms with Gasteiger partial charge in [0.15, 0.2) is 0 Å². The minimum atomic E-state index is -1.86. The Hall–Kier alpha value is -4.06. The molecule has 0 fully saturated rings. The number of hydrogen-bond donors (Lipinski definition) is 0. The van der Waals surface area contributed by atoms with Gasteiger partial charge in [0, 0.05) is 33.7 Å². The Labute approximate surface area is 322 Å². The Balaban J connectivity index is 0.000000238. The number of aryl methyl sites for hydroxylation is 1. The van der Waals surface area contributed by atoms with E-state index < -0.39 is 25.7 Å². The first-order chi connectivity index (χ1) is 24.6. The molecular formula is C45H41FIrN2SSi-2. The van der Waals surface area contributed by atoms with Gasteiger partial charge in [0.05, 0.1) is 14.3 Å². The van der Waals surface area contributed by atoms with Gasteiger partial charge in [-0.05, 0) is 96.7 Å². The predicted octanol–water partition coefficient (Wildman–Crippen LogP) is 12.4. The Morgan fingerprint density at radius 3 is 2.22 bits per heavy atom. The van der Waals surface area contributed by atoms with E-state index in [2.05, 4.69) is 109 Å². The van der Waals surface area contributed by atoms with Crippen LogP contribution in [0.3, 0.4) is 0 Å². The van der Waals surface area contributed by atoms with E-state index in [1.165, 1.54) is 32.3 Å². The Morgan fingerprint density at radius 1 is 0.765 bits per heavy atom. The summed E-state index contributed by atoms with van der Waals surface area (Å²) in [6.07, 6.45) is 1.29. The smallest absolute Gasteiger partial charge is 0.142 e. The first-order valence-electron chi connectivity index (χ1n) is 17.9. The summed E-state index contributed by atoms with van der Waals surface area (Å²) in [4.78, 5) is 8.88. The average molecular weight is 883 g/mol. The van der Waals surface area contributed by atoms with Gasteiger partial charge in [-0.15, -0.1) is 59.7 Å². The summed E-state index contributed by atoms with van der Waals surface area (Å²) in [6.45, 7) is 14.4. The standard InChI is InChI=1S/C31H25FNS.C14H16NSi.Ir/c1-18-8-9-19-11-21-13-26-24-6-5-7-25(28-14-23(16-31(2,3)4)27(32)17-33-28)30(24)34-29(26)15-22(21)12-20(19)10-18;1-16(2,3)13-9-10-14(15-11-13)12-7-5-4-6-8-12;/h5-6,8-15,17H,16H2,1-4H3;4-7,9-11H,1-3H3;/q2*-1;/i16D2;;. The predicted molar refractivity (Wildman–Crippen MR) is 216 cm³/mol. The largest absolute Gasteiger partial charge is 0.305 e. The van der Waals surface area contributed by atoms with E-state index in [1.54, 1.807) is 38.2 Å². The van der Waals surface area contributed by atoms with Crippen LogP contribution in [0.5, 0.6) is 0 Å². The molecule has 0 amide bonds. The molecule has 3 heterocycles. The van der Waals surface area contributed by atoms with Crippen molar-refractivity contribution in [1.29, 1.82) is 0 Å². The third kappa shape index (κ3) is 8.05. The molecule has 5 aromatic carbocycles. The molecule has 8 rings (SSSR count). The summed E-state index contributed by atoms with van der Waals surface area (Å²) < 4.78 is 34.2. The zero-order chi connectivity index (χ0) is 37.0. The molecule has 0 spiro atoms. The number of hydrogen-bond acceptors (Lipinski definition) is 3. The second-order valence-electron chi connectivity index (χ2n) is 15.0. The summed E-state index contributed by atoms with van der Waals surface area (Å²) in [5, 5.41) is 8.49. The molecule has 259 valence electrons. The van der Waals surface area contributed by atoms with Crippen LogP contribution in [0.2, 0.25) is 19.6 Å². The zero-order valence-corrected chi connectivity index (χ0v) is 34.1. The molecule has 51 heavy (non-hydrogen) atoms. The summed E-state index contributed by atoms with van der Waals surface area (Å²) in [5.41, 5.74) is 3.85. The molecule has 0 N–H and O–H groups in total. The van der Waals surface area contributed by atoms with Crippen molar-refractivity contribution in [3.8, 4) is 22.5 Å². The fourth-order valence-corrected chi connectivity index (χ4v) is 8.44. The monoisotopic (exact) mass is 883 g/mol. The van der Waals surface area contributed by atoms with Crippen LogP contribution in [0.4, 0.5) is 4.39 Å².